The largest absolute Gasteiger partial charge is 0.372 e. The Hall–Kier alpha value is -3.48. The Bertz CT molecular complexity index is 1120. The SMILES string of the molecule is Cc1cc(=O)c(C(=O)NCc2ccc(N3CCCC3)cc2)nn1-c1ccccc1F. The van der Waals surface area contributed by atoms with Gasteiger partial charge in [0.05, 0.1) is 0 Å². The number of anilines is 1. The smallest absolute Gasteiger partial charge is 0.276 e. The maximum atomic E-state index is 14.2. The lowest BCUT2D eigenvalue weighted by atomic mass is 10.2. The topological polar surface area (TPSA) is 67.2 Å². The number of halogens is 1. The van der Waals surface area contributed by atoms with Crippen LogP contribution < -0.4 is 15.6 Å². The van der Waals surface area contributed by atoms with Gasteiger partial charge in [-0.3, -0.25) is 9.59 Å². The van der Waals surface area contributed by atoms with E-state index >= 15 is 0 Å². The third-order valence-corrected chi connectivity index (χ3v) is 5.26. The lowest BCUT2D eigenvalue weighted by molar-refractivity contribution is 0.0943. The molecule has 7 heteroatoms. The van der Waals surface area contributed by atoms with Crippen molar-refractivity contribution in [3.05, 3.63) is 87.6 Å². The van der Waals surface area contributed by atoms with Crippen molar-refractivity contribution in [2.45, 2.75) is 26.3 Å². The van der Waals surface area contributed by atoms with E-state index in [1.807, 2.05) is 24.3 Å². The van der Waals surface area contributed by atoms with E-state index in [4.69, 9.17) is 0 Å². The van der Waals surface area contributed by atoms with E-state index in [0.29, 0.717) is 5.69 Å². The van der Waals surface area contributed by atoms with Gasteiger partial charge in [-0.2, -0.15) is 5.10 Å². The van der Waals surface area contributed by atoms with Crippen molar-refractivity contribution >= 4 is 11.6 Å². The van der Waals surface area contributed by atoms with Crippen molar-refractivity contribution in [3.8, 4) is 5.69 Å². The number of nitrogens with one attached hydrogen (secondary N) is 1. The average Bonchev–Trinajstić information content (AvgIpc) is 3.28. The monoisotopic (exact) mass is 406 g/mol. The minimum absolute atomic E-state index is 0.182. The van der Waals surface area contributed by atoms with Gasteiger partial charge in [0.1, 0.15) is 11.5 Å². The zero-order valence-corrected chi connectivity index (χ0v) is 16.8. The number of rotatable bonds is 5. The predicted molar refractivity (Wildman–Crippen MR) is 114 cm³/mol. The molecule has 0 radical (unpaired) electrons. The highest BCUT2D eigenvalue weighted by atomic mass is 19.1. The van der Waals surface area contributed by atoms with Crippen LogP contribution >= 0.6 is 0 Å². The highest BCUT2D eigenvalue weighted by Gasteiger charge is 2.17. The molecule has 1 aliphatic rings. The summed E-state index contributed by atoms with van der Waals surface area (Å²) in [6, 6.07) is 15.4. The van der Waals surface area contributed by atoms with Gasteiger partial charge in [-0.15, -0.1) is 0 Å². The van der Waals surface area contributed by atoms with E-state index in [0.717, 1.165) is 18.7 Å². The van der Waals surface area contributed by atoms with Crippen LogP contribution in [0, 0.1) is 12.7 Å². The summed E-state index contributed by atoms with van der Waals surface area (Å²) in [4.78, 5) is 27.3. The van der Waals surface area contributed by atoms with E-state index in [2.05, 4.69) is 15.3 Å². The summed E-state index contributed by atoms with van der Waals surface area (Å²) in [5.41, 5.74) is 1.96. The fraction of sp³-hybridized carbons (Fsp3) is 0.261. The molecule has 0 unspecified atom stereocenters. The van der Waals surface area contributed by atoms with Gasteiger partial charge in [0.2, 0.25) is 5.43 Å². The Balaban J connectivity index is 1.50. The fourth-order valence-electron chi connectivity index (χ4n) is 3.64. The second-order valence-corrected chi connectivity index (χ2v) is 7.41. The molecule has 0 aliphatic carbocycles. The maximum Gasteiger partial charge on any atom is 0.276 e. The Morgan fingerprint density at radius 3 is 2.50 bits per heavy atom. The van der Waals surface area contributed by atoms with E-state index in [1.165, 1.54) is 35.3 Å². The van der Waals surface area contributed by atoms with Crippen molar-refractivity contribution in [3.63, 3.8) is 0 Å². The van der Waals surface area contributed by atoms with Crippen molar-refractivity contribution in [1.82, 2.24) is 15.1 Å². The minimum Gasteiger partial charge on any atom is -0.372 e. The van der Waals surface area contributed by atoms with Crippen LogP contribution in [0.4, 0.5) is 10.1 Å². The predicted octanol–water partition coefficient (Wildman–Crippen LogP) is 3.21. The Morgan fingerprint density at radius 1 is 1.10 bits per heavy atom. The van der Waals surface area contributed by atoms with Crippen LogP contribution in [-0.2, 0) is 6.54 Å². The fourth-order valence-corrected chi connectivity index (χ4v) is 3.64. The molecule has 0 spiro atoms. The van der Waals surface area contributed by atoms with Crippen molar-refractivity contribution in [1.29, 1.82) is 0 Å². The second-order valence-electron chi connectivity index (χ2n) is 7.41. The Morgan fingerprint density at radius 2 is 1.80 bits per heavy atom. The molecule has 2 heterocycles. The molecule has 1 aliphatic heterocycles. The standard InChI is InChI=1S/C23H23FN4O2/c1-16-14-21(29)22(26-28(16)20-7-3-2-6-19(20)24)23(30)25-15-17-8-10-18(11-9-17)27-12-4-5-13-27/h2-3,6-11,14H,4-5,12-13,15H2,1H3,(H,25,30). The highest BCUT2D eigenvalue weighted by molar-refractivity contribution is 5.92. The summed E-state index contributed by atoms with van der Waals surface area (Å²) < 4.78 is 15.4. The molecule has 0 bridgehead atoms. The molecule has 6 nitrogen and oxygen atoms in total. The van der Waals surface area contributed by atoms with Crippen LogP contribution in [0.25, 0.3) is 5.69 Å². The van der Waals surface area contributed by atoms with Crippen molar-refractivity contribution in [2.75, 3.05) is 18.0 Å². The number of para-hydroxylation sites is 1. The van der Waals surface area contributed by atoms with Crippen LogP contribution in [0.5, 0.6) is 0 Å². The number of amides is 1. The van der Waals surface area contributed by atoms with Gasteiger partial charge in [-0.1, -0.05) is 24.3 Å². The molecule has 1 amide bonds. The van der Waals surface area contributed by atoms with Gasteiger partial charge in [-0.05, 0) is 49.6 Å². The molecule has 0 atom stereocenters. The minimum atomic E-state index is -0.589. The normalized spacial score (nSPS) is 13.5. The van der Waals surface area contributed by atoms with Gasteiger partial charge in [0.15, 0.2) is 5.69 Å². The van der Waals surface area contributed by atoms with Gasteiger partial charge < -0.3 is 10.2 Å². The number of aryl methyl sites for hydroxylation is 1. The summed E-state index contributed by atoms with van der Waals surface area (Å²) >= 11 is 0. The molecular weight excluding hydrogens is 383 g/mol. The third-order valence-electron chi connectivity index (χ3n) is 5.26. The lowest BCUT2D eigenvalue weighted by Crippen LogP contribution is -2.31. The molecule has 3 aromatic rings. The molecule has 154 valence electrons. The zero-order chi connectivity index (χ0) is 21.1. The molecule has 1 N–H and O–H groups in total. The number of aromatic nitrogens is 2. The molecule has 1 aromatic heterocycles. The molecule has 1 saturated heterocycles. The Labute approximate surface area is 174 Å². The first-order valence-corrected chi connectivity index (χ1v) is 10.0. The summed E-state index contributed by atoms with van der Waals surface area (Å²) in [7, 11) is 0. The third kappa shape index (κ3) is 4.10. The summed E-state index contributed by atoms with van der Waals surface area (Å²) in [5, 5.41) is 6.86. The number of benzene rings is 2. The number of carbonyl (C=O) groups is 1. The quantitative estimate of drug-likeness (QED) is 0.707. The first kappa shape index (κ1) is 19.8. The van der Waals surface area contributed by atoms with Crippen molar-refractivity contribution < 1.29 is 9.18 Å². The van der Waals surface area contributed by atoms with Crippen LogP contribution in [0.1, 0.15) is 34.6 Å². The molecule has 0 saturated carbocycles. The average molecular weight is 406 g/mol. The van der Waals surface area contributed by atoms with Gasteiger partial charge in [0.25, 0.3) is 5.91 Å². The van der Waals surface area contributed by atoms with Crippen molar-refractivity contribution in [2.24, 2.45) is 0 Å². The van der Waals surface area contributed by atoms with E-state index < -0.39 is 17.2 Å². The Kier molecular flexibility index (Phi) is 5.61. The van der Waals surface area contributed by atoms with Crippen LogP contribution in [0.3, 0.4) is 0 Å². The number of hydrogen-bond acceptors (Lipinski definition) is 4. The highest BCUT2D eigenvalue weighted by Crippen LogP contribution is 2.20. The second kappa shape index (κ2) is 8.49. The van der Waals surface area contributed by atoms with Gasteiger partial charge in [-0.25, -0.2) is 9.07 Å². The van der Waals surface area contributed by atoms with Crippen LogP contribution in [0.15, 0.2) is 59.4 Å². The summed E-state index contributed by atoms with van der Waals surface area (Å²) in [6.07, 6.45) is 2.43. The van der Waals surface area contributed by atoms with E-state index in [1.54, 1.807) is 25.1 Å². The first-order chi connectivity index (χ1) is 14.5. The molecule has 1 fully saturated rings. The van der Waals surface area contributed by atoms with E-state index in [-0.39, 0.29) is 17.9 Å². The number of hydrogen-bond donors (Lipinski definition) is 1. The van der Waals surface area contributed by atoms with Crippen LogP contribution in [-0.4, -0.2) is 28.8 Å². The number of nitrogens with zero attached hydrogens (tertiary/aromatic N) is 3. The van der Waals surface area contributed by atoms with E-state index in [9.17, 15) is 14.0 Å². The summed E-state index contributed by atoms with van der Waals surface area (Å²) in [6.45, 7) is 4.06. The maximum absolute atomic E-state index is 14.2. The van der Waals surface area contributed by atoms with Crippen LogP contribution in [0.2, 0.25) is 0 Å². The number of carbonyl (C=O) groups excluding carboxylic acids is 1. The molecule has 2 aromatic carbocycles. The van der Waals surface area contributed by atoms with Gasteiger partial charge in [0, 0.05) is 37.1 Å². The zero-order valence-electron chi connectivity index (χ0n) is 16.8. The first-order valence-electron chi connectivity index (χ1n) is 10.0. The lowest BCUT2D eigenvalue weighted by Gasteiger charge is -2.17. The molecule has 30 heavy (non-hydrogen) atoms. The molecule has 4 rings (SSSR count). The van der Waals surface area contributed by atoms with Gasteiger partial charge >= 0.3 is 0 Å². The summed E-state index contributed by atoms with van der Waals surface area (Å²) in [5.74, 6) is -1.07. The molecular formula is C23H23FN4O2.